The minimum Gasteiger partial charge on any atom is -0.400 e. The number of nitrogens with two attached hydrogens (primary N) is 1. The molecule has 5 nitrogen and oxygen atoms in total. The average molecular weight is 303 g/mol. The Morgan fingerprint density at radius 3 is 2.45 bits per heavy atom. The Morgan fingerprint density at radius 1 is 1.32 bits per heavy atom. The molecule has 1 fully saturated rings. The first-order valence-corrected chi connectivity index (χ1v) is 7.59. The highest BCUT2D eigenvalue weighted by atomic mass is 16.7. The molecule has 0 radical (unpaired) electrons. The molecule has 2 rings (SSSR count). The first-order chi connectivity index (χ1) is 10.2. The summed E-state index contributed by atoms with van der Waals surface area (Å²) in [5.74, 6) is 0.510. The van der Waals surface area contributed by atoms with E-state index in [-0.39, 0.29) is 11.2 Å². The van der Waals surface area contributed by atoms with E-state index in [4.69, 9.17) is 15.0 Å². The summed E-state index contributed by atoms with van der Waals surface area (Å²) in [6, 6.07) is 2.02. The van der Waals surface area contributed by atoms with Crippen LogP contribution in [0.2, 0.25) is 0 Å². The predicted octanol–water partition coefficient (Wildman–Crippen LogP) is 2.21. The molecule has 0 bridgehead atoms. The summed E-state index contributed by atoms with van der Waals surface area (Å²) in [5.41, 5.74) is 8.22. The molecule has 2 heterocycles. The van der Waals surface area contributed by atoms with Crippen LogP contribution in [0, 0.1) is 6.92 Å². The summed E-state index contributed by atoms with van der Waals surface area (Å²) < 4.78 is 12.3. The normalized spacial score (nSPS) is 20.5. The molecule has 1 aliphatic rings. The Balaban J connectivity index is 2.35. The molecule has 3 N–H and O–H groups in total. The van der Waals surface area contributed by atoms with Gasteiger partial charge in [0.1, 0.15) is 5.82 Å². The van der Waals surface area contributed by atoms with Crippen LogP contribution in [-0.2, 0) is 9.31 Å². The summed E-state index contributed by atoms with van der Waals surface area (Å²) in [5, 5.41) is 3.16. The van der Waals surface area contributed by atoms with Gasteiger partial charge in [0.2, 0.25) is 0 Å². The molecule has 0 aliphatic carbocycles. The number of hydrogen-bond donors (Lipinski definition) is 2. The molecule has 0 amide bonds. The molecular formula is C16H26BN3O2. The molecule has 0 atom stereocenters. The minimum absolute atomic E-state index is 0.360. The number of pyridine rings is 1. The van der Waals surface area contributed by atoms with E-state index < -0.39 is 7.12 Å². The standard InChI is InChI=1S/C16H26BN3O2/c1-11-7-12(14(18)20-9-11)8-13(10-19-6)17-21-15(2,3)16(4,5)22-17/h7-9,19H,10H2,1-6H3,(H2,18,20). The van der Waals surface area contributed by atoms with Crippen molar-refractivity contribution < 1.29 is 9.31 Å². The first-order valence-electron chi connectivity index (χ1n) is 7.59. The molecular weight excluding hydrogens is 277 g/mol. The van der Waals surface area contributed by atoms with Crippen molar-refractivity contribution in [3.63, 3.8) is 0 Å². The van der Waals surface area contributed by atoms with Crippen molar-refractivity contribution in [2.45, 2.75) is 45.8 Å². The van der Waals surface area contributed by atoms with Crippen LogP contribution in [0.1, 0.15) is 38.8 Å². The molecule has 0 aromatic carbocycles. The van der Waals surface area contributed by atoms with Crippen molar-refractivity contribution in [2.75, 3.05) is 19.3 Å². The summed E-state index contributed by atoms with van der Waals surface area (Å²) in [7, 11) is 1.51. The number of nitrogens with zero attached hydrogens (tertiary/aromatic N) is 1. The molecule has 120 valence electrons. The Morgan fingerprint density at radius 2 is 1.91 bits per heavy atom. The molecule has 0 spiro atoms. The lowest BCUT2D eigenvalue weighted by molar-refractivity contribution is 0.00578. The lowest BCUT2D eigenvalue weighted by Crippen LogP contribution is -2.41. The third-order valence-electron chi connectivity index (χ3n) is 4.36. The zero-order chi connectivity index (χ0) is 16.5. The van der Waals surface area contributed by atoms with Gasteiger partial charge < -0.3 is 20.4 Å². The van der Waals surface area contributed by atoms with Gasteiger partial charge in [-0.3, -0.25) is 0 Å². The van der Waals surface area contributed by atoms with Crippen LogP contribution in [0.5, 0.6) is 0 Å². The zero-order valence-corrected chi connectivity index (χ0v) is 14.4. The third-order valence-corrected chi connectivity index (χ3v) is 4.36. The van der Waals surface area contributed by atoms with Gasteiger partial charge in [0.25, 0.3) is 0 Å². The van der Waals surface area contributed by atoms with Gasteiger partial charge in [0.05, 0.1) is 11.2 Å². The summed E-state index contributed by atoms with van der Waals surface area (Å²) >= 11 is 0. The van der Waals surface area contributed by atoms with E-state index in [0.29, 0.717) is 12.4 Å². The van der Waals surface area contributed by atoms with Gasteiger partial charge in [-0.1, -0.05) is 6.08 Å². The third kappa shape index (κ3) is 3.34. The number of aryl methyl sites for hydroxylation is 1. The monoisotopic (exact) mass is 303 g/mol. The van der Waals surface area contributed by atoms with Crippen LogP contribution in [0.25, 0.3) is 6.08 Å². The van der Waals surface area contributed by atoms with Crippen LogP contribution < -0.4 is 11.1 Å². The van der Waals surface area contributed by atoms with Crippen molar-refractivity contribution in [1.82, 2.24) is 10.3 Å². The Kier molecular flexibility index (Phi) is 4.66. The molecule has 1 aromatic rings. The smallest absolute Gasteiger partial charge is 0.400 e. The largest absolute Gasteiger partial charge is 0.491 e. The highest BCUT2D eigenvalue weighted by Crippen LogP contribution is 2.38. The number of aromatic nitrogens is 1. The molecule has 1 aromatic heterocycles. The van der Waals surface area contributed by atoms with Gasteiger partial charge in [-0.2, -0.15) is 0 Å². The fourth-order valence-corrected chi connectivity index (χ4v) is 2.32. The number of likely N-dealkylation sites (N-methyl/N-ethyl adjacent to an activating group) is 1. The maximum absolute atomic E-state index is 6.13. The van der Waals surface area contributed by atoms with E-state index in [1.807, 2.05) is 53.8 Å². The highest BCUT2D eigenvalue weighted by Gasteiger charge is 2.52. The minimum atomic E-state index is -0.391. The lowest BCUT2D eigenvalue weighted by Gasteiger charge is -2.32. The first kappa shape index (κ1) is 17.0. The second-order valence-electron chi connectivity index (χ2n) is 6.82. The van der Waals surface area contributed by atoms with Crippen molar-refractivity contribution in [1.29, 1.82) is 0 Å². The van der Waals surface area contributed by atoms with E-state index in [1.165, 1.54) is 0 Å². The van der Waals surface area contributed by atoms with Crippen molar-refractivity contribution >= 4 is 19.0 Å². The van der Waals surface area contributed by atoms with Crippen LogP contribution >= 0.6 is 0 Å². The van der Waals surface area contributed by atoms with Gasteiger partial charge in [-0.25, -0.2) is 4.98 Å². The van der Waals surface area contributed by atoms with E-state index >= 15 is 0 Å². The van der Waals surface area contributed by atoms with Crippen LogP contribution in [0.3, 0.4) is 0 Å². The fraction of sp³-hybridized carbons (Fsp3) is 0.562. The van der Waals surface area contributed by atoms with Gasteiger partial charge in [-0.05, 0) is 58.8 Å². The molecule has 1 aliphatic heterocycles. The average Bonchev–Trinajstić information content (AvgIpc) is 2.62. The van der Waals surface area contributed by atoms with Crippen molar-refractivity contribution in [2.24, 2.45) is 0 Å². The van der Waals surface area contributed by atoms with E-state index in [9.17, 15) is 0 Å². The molecule has 0 saturated carbocycles. The lowest BCUT2D eigenvalue weighted by atomic mass is 9.77. The molecule has 22 heavy (non-hydrogen) atoms. The number of hydrogen-bond acceptors (Lipinski definition) is 5. The maximum atomic E-state index is 6.13. The number of nitrogen functional groups attached to an aromatic ring is 1. The highest BCUT2D eigenvalue weighted by molar-refractivity contribution is 6.56. The fourth-order valence-electron chi connectivity index (χ4n) is 2.32. The zero-order valence-electron chi connectivity index (χ0n) is 14.4. The predicted molar refractivity (Wildman–Crippen MR) is 91.4 cm³/mol. The topological polar surface area (TPSA) is 69.4 Å². The van der Waals surface area contributed by atoms with Crippen molar-refractivity contribution in [3.05, 3.63) is 28.9 Å². The maximum Gasteiger partial charge on any atom is 0.491 e. The van der Waals surface area contributed by atoms with Gasteiger partial charge in [-0.15, -0.1) is 0 Å². The van der Waals surface area contributed by atoms with E-state index in [2.05, 4.69) is 10.3 Å². The van der Waals surface area contributed by atoms with Gasteiger partial charge in [0.15, 0.2) is 0 Å². The number of anilines is 1. The quantitative estimate of drug-likeness (QED) is 0.835. The van der Waals surface area contributed by atoms with Gasteiger partial charge >= 0.3 is 7.12 Å². The Bertz CT molecular complexity index is 569. The summed E-state index contributed by atoms with van der Waals surface area (Å²) in [4.78, 5) is 4.21. The van der Waals surface area contributed by atoms with Crippen molar-refractivity contribution in [3.8, 4) is 0 Å². The number of rotatable bonds is 4. The molecule has 1 saturated heterocycles. The van der Waals surface area contributed by atoms with Gasteiger partial charge in [0, 0.05) is 18.3 Å². The SMILES string of the molecule is CNCC(=Cc1cc(C)cnc1N)B1OC(C)(C)C(C)(C)O1. The second kappa shape index (κ2) is 6.03. The van der Waals surface area contributed by atoms with Crippen LogP contribution in [0.15, 0.2) is 17.7 Å². The second-order valence-corrected chi connectivity index (χ2v) is 6.82. The molecule has 0 unspecified atom stereocenters. The Labute approximate surface area is 133 Å². The van der Waals surface area contributed by atoms with Crippen LogP contribution in [0.4, 0.5) is 5.82 Å². The summed E-state index contributed by atoms with van der Waals surface area (Å²) in [6.45, 7) is 10.8. The summed E-state index contributed by atoms with van der Waals surface area (Å²) in [6.07, 6.45) is 3.77. The number of nitrogens with one attached hydrogen (secondary N) is 1. The van der Waals surface area contributed by atoms with Crippen LogP contribution in [-0.4, -0.2) is 36.9 Å². The van der Waals surface area contributed by atoms with E-state index in [0.717, 1.165) is 16.6 Å². The van der Waals surface area contributed by atoms with E-state index in [1.54, 1.807) is 6.20 Å². The Hall–Kier alpha value is -1.37. The molecule has 6 heteroatoms.